The van der Waals surface area contributed by atoms with Gasteiger partial charge in [0.05, 0.1) is 30.9 Å². The van der Waals surface area contributed by atoms with Gasteiger partial charge in [0.1, 0.15) is 23.8 Å². The lowest BCUT2D eigenvalue weighted by Crippen LogP contribution is -2.24. The van der Waals surface area contributed by atoms with Crippen LogP contribution in [-0.4, -0.2) is 58.7 Å². The SMILES string of the molecule is CC(=O)Cc1cnc2[nH]c3c(ncn3[C@H]3C[C@H](O)[C@@H](CO)O3)c(=O)n12. The van der Waals surface area contributed by atoms with Crippen LogP contribution in [0.1, 0.15) is 25.3 Å². The number of carbonyl (C=O) groups excluding carboxylic acids is 1. The molecule has 3 atom stereocenters. The molecule has 0 bridgehead atoms. The van der Waals surface area contributed by atoms with Gasteiger partial charge in [0, 0.05) is 12.8 Å². The number of aromatic nitrogens is 5. The first-order valence-electron chi connectivity index (χ1n) is 7.88. The highest BCUT2D eigenvalue weighted by atomic mass is 16.5. The number of nitrogens with zero attached hydrogens (tertiary/aromatic N) is 4. The van der Waals surface area contributed by atoms with Crippen LogP contribution >= 0.6 is 0 Å². The molecule has 25 heavy (non-hydrogen) atoms. The molecule has 1 aliphatic heterocycles. The number of ketones is 1. The van der Waals surface area contributed by atoms with E-state index in [-0.39, 0.29) is 36.3 Å². The summed E-state index contributed by atoms with van der Waals surface area (Å²) in [6, 6.07) is 0. The highest BCUT2D eigenvalue weighted by Crippen LogP contribution is 2.30. The average Bonchev–Trinajstić information content (AvgIpc) is 3.24. The fourth-order valence-corrected chi connectivity index (χ4v) is 3.20. The van der Waals surface area contributed by atoms with Crippen molar-refractivity contribution >= 4 is 22.7 Å². The first kappa shape index (κ1) is 15.9. The van der Waals surface area contributed by atoms with E-state index >= 15 is 0 Å². The molecule has 10 nitrogen and oxygen atoms in total. The zero-order valence-electron chi connectivity index (χ0n) is 13.4. The Hall–Kier alpha value is -2.56. The van der Waals surface area contributed by atoms with E-state index in [0.717, 1.165) is 0 Å². The monoisotopic (exact) mass is 347 g/mol. The molecule has 3 aromatic rings. The minimum atomic E-state index is -0.795. The van der Waals surface area contributed by atoms with Crippen molar-refractivity contribution in [3.8, 4) is 0 Å². The molecule has 0 spiro atoms. The number of hydrogen-bond donors (Lipinski definition) is 3. The molecule has 0 radical (unpaired) electrons. The van der Waals surface area contributed by atoms with Crippen LogP contribution in [0.3, 0.4) is 0 Å². The molecule has 0 saturated carbocycles. The third-order valence-electron chi connectivity index (χ3n) is 4.39. The molecule has 1 saturated heterocycles. The average molecular weight is 347 g/mol. The lowest BCUT2D eigenvalue weighted by Gasteiger charge is -2.13. The van der Waals surface area contributed by atoms with Gasteiger partial charge in [-0.1, -0.05) is 0 Å². The summed E-state index contributed by atoms with van der Waals surface area (Å²) in [7, 11) is 0. The minimum absolute atomic E-state index is 0.0739. The molecule has 0 aromatic carbocycles. The summed E-state index contributed by atoms with van der Waals surface area (Å²) < 4.78 is 8.56. The first-order valence-corrected chi connectivity index (χ1v) is 7.88. The second-order valence-electron chi connectivity index (χ2n) is 6.18. The van der Waals surface area contributed by atoms with Crippen LogP contribution in [0.25, 0.3) is 16.9 Å². The maximum Gasteiger partial charge on any atom is 0.287 e. The highest BCUT2D eigenvalue weighted by Gasteiger charge is 2.35. The number of Topliss-reactive ketones (excluding diaryl/α,β-unsaturated/α-hetero) is 1. The van der Waals surface area contributed by atoms with E-state index < -0.39 is 18.4 Å². The van der Waals surface area contributed by atoms with E-state index in [0.29, 0.717) is 17.1 Å². The van der Waals surface area contributed by atoms with Crippen LogP contribution in [0, 0.1) is 0 Å². The molecule has 4 rings (SSSR count). The van der Waals surface area contributed by atoms with Gasteiger partial charge in [-0.3, -0.25) is 14.2 Å². The van der Waals surface area contributed by atoms with Gasteiger partial charge in [-0.2, -0.15) is 0 Å². The van der Waals surface area contributed by atoms with E-state index in [1.165, 1.54) is 23.8 Å². The lowest BCUT2D eigenvalue weighted by molar-refractivity contribution is -0.116. The van der Waals surface area contributed by atoms with Crippen molar-refractivity contribution in [2.75, 3.05) is 6.61 Å². The summed E-state index contributed by atoms with van der Waals surface area (Å²) >= 11 is 0. The van der Waals surface area contributed by atoms with Gasteiger partial charge in [-0.15, -0.1) is 0 Å². The van der Waals surface area contributed by atoms with Gasteiger partial charge in [0.2, 0.25) is 5.78 Å². The second kappa shape index (κ2) is 5.76. The van der Waals surface area contributed by atoms with E-state index in [1.807, 2.05) is 0 Å². The van der Waals surface area contributed by atoms with Crippen molar-refractivity contribution < 1.29 is 19.7 Å². The Morgan fingerprint density at radius 3 is 2.96 bits per heavy atom. The van der Waals surface area contributed by atoms with E-state index in [1.54, 1.807) is 4.57 Å². The standard InChI is InChI=1S/C15H17N5O5/c1-7(22)2-8-4-16-15-18-13-12(14(24)20(8)15)17-6-19(13)11-3-9(23)10(5-21)25-11/h4,6,9-11,21,23H,2-3,5H2,1H3,(H,16,18)/t9-,10+,11+/m0/s1. The number of imidazole rings is 2. The molecular weight excluding hydrogens is 330 g/mol. The first-order chi connectivity index (χ1) is 12.0. The van der Waals surface area contributed by atoms with Crippen LogP contribution in [0.5, 0.6) is 0 Å². The van der Waals surface area contributed by atoms with Gasteiger partial charge < -0.3 is 19.9 Å². The number of ether oxygens (including phenoxy) is 1. The van der Waals surface area contributed by atoms with Crippen molar-refractivity contribution in [1.82, 2.24) is 23.9 Å². The van der Waals surface area contributed by atoms with Crippen molar-refractivity contribution in [1.29, 1.82) is 0 Å². The maximum atomic E-state index is 12.8. The largest absolute Gasteiger partial charge is 0.394 e. The molecule has 132 valence electrons. The molecule has 0 amide bonds. The van der Waals surface area contributed by atoms with Crippen LogP contribution in [-0.2, 0) is 16.0 Å². The molecule has 4 heterocycles. The normalized spacial score (nSPS) is 23.7. The maximum absolute atomic E-state index is 12.8. The van der Waals surface area contributed by atoms with E-state index in [4.69, 9.17) is 4.74 Å². The number of fused-ring (bicyclic) bond motifs is 2. The van der Waals surface area contributed by atoms with Crippen molar-refractivity contribution in [3.63, 3.8) is 0 Å². The smallest absolute Gasteiger partial charge is 0.287 e. The highest BCUT2D eigenvalue weighted by molar-refractivity contribution is 5.78. The minimum Gasteiger partial charge on any atom is -0.394 e. The predicted molar refractivity (Wildman–Crippen MR) is 85.1 cm³/mol. The van der Waals surface area contributed by atoms with Crippen molar-refractivity contribution in [2.24, 2.45) is 0 Å². The Morgan fingerprint density at radius 1 is 1.48 bits per heavy atom. The second-order valence-corrected chi connectivity index (χ2v) is 6.18. The summed E-state index contributed by atoms with van der Waals surface area (Å²) in [6.45, 7) is 1.15. The molecule has 10 heteroatoms. The number of rotatable bonds is 4. The Labute approximate surface area is 140 Å². The van der Waals surface area contributed by atoms with Crippen LogP contribution in [0.4, 0.5) is 0 Å². The predicted octanol–water partition coefficient (Wildman–Crippen LogP) is -0.856. The molecule has 0 unspecified atom stereocenters. The topological polar surface area (TPSA) is 135 Å². The summed E-state index contributed by atoms with van der Waals surface area (Å²) in [4.78, 5) is 35.5. The Morgan fingerprint density at radius 2 is 2.28 bits per heavy atom. The molecule has 0 aliphatic carbocycles. The number of aliphatic hydroxyl groups is 2. The van der Waals surface area contributed by atoms with Gasteiger partial charge >= 0.3 is 0 Å². The van der Waals surface area contributed by atoms with Gasteiger partial charge in [-0.25, -0.2) is 14.4 Å². The van der Waals surface area contributed by atoms with Gasteiger partial charge in [0.25, 0.3) is 5.56 Å². The molecule has 3 aromatic heterocycles. The fraction of sp³-hybridized carbons (Fsp3) is 0.467. The summed E-state index contributed by atoms with van der Waals surface area (Å²) in [5.74, 6) is 0.225. The third-order valence-corrected chi connectivity index (χ3v) is 4.39. The Balaban J connectivity index is 1.84. The zero-order valence-corrected chi connectivity index (χ0v) is 13.4. The summed E-state index contributed by atoms with van der Waals surface area (Å²) in [5, 5.41) is 19.1. The number of nitrogens with one attached hydrogen (secondary N) is 1. The van der Waals surface area contributed by atoms with Crippen molar-refractivity contribution in [2.45, 2.75) is 38.2 Å². The summed E-state index contributed by atoms with van der Waals surface area (Å²) in [6.07, 6.45) is 1.28. The quantitative estimate of drug-likeness (QED) is 0.559. The third kappa shape index (κ3) is 2.46. The number of hydrogen-bond acceptors (Lipinski definition) is 7. The molecule has 1 aliphatic rings. The zero-order chi connectivity index (χ0) is 17.7. The van der Waals surface area contributed by atoms with Crippen LogP contribution < -0.4 is 5.56 Å². The number of carbonyl (C=O) groups is 1. The Bertz CT molecular complexity index is 1020. The van der Waals surface area contributed by atoms with Crippen LogP contribution in [0.2, 0.25) is 0 Å². The molecule has 1 fully saturated rings. The number of aromatic amines is 1. The van der Waals surface area contributed by atoms with Crippen molar-refractivity contribution in [3.05, 3.63) is 28.6 Å². The van der Waals surface area contributed by atoms with Crippen LogP contribution in [0.15, 0.2) is 17.3 Å². The summed E-state index contributed by atoms with van der Waals surface area (Å²) in [5.41, 5.74) is 0.704. The van der Waals surface area contributed by atoms with E-state index in [2.05, 4.69) is 15.0 Å². The molecular formula is C15H17N5O5. The number of H-pyrrole nitrogens is 1. The molecule has 3 N–H and O–H groups in total. The fourth-order valence-electron chi connectivity index (χ4n) is 3.20. The number of aliphatic hydroxyl groups excluding tert-OH is 2. The van der Waals surface area contributed by atoms with Gasteiger partial charge in [-0.05, 0) is 6.92 Å². The van der Waals surface area contributed by atoms with E-state index in [9.17, 15) is 19.8 Å². The van der Waals surface area contributed by atoms with Gasteiger partial charge in [0.15, 0.2) is 5.52 Å². The lowest BCUT2D eigenvalue weighted by atomic mass is 10.2. The Kier molecular flexibility index (Phi) is 3.67.